The maximum atomic E-state index is 14.8. The molecule has 4 unspecified atom stereocenters. The first-order valence-corrected chi connectivity index (χ1v) is 18.8. The lowest BCUT2D eigenvalue weighted by molar-refractivity contribution is -0.143. The first-order valence-electron chi connectivity index (χ1n) is 18.8. The van der Waals surface area contributed by atoms with Crippen LogP contribution in [0.4, 0.5) is 4.79 Å². The van der Waals surface area contributed by atoms with Crippen molar-refractivity contribution in [2.75, 3.05) is 19.8 Å². The number of Topliss-reactive ketones (excluding diaryl/α,β-unsaturated/α-hetero) is 1. The molecule has 49 heavy (non-hydrogen) atoms. The highest BCUT2D eigenvalue weighted by molar-refractivity contribution is 5.95. The molecule has 6 atom stereocenters. The van der Waals surface area contributed by atoms with Crippen molar-refractivity contribution in [2.24, 2.45) is 45.1 Å². The smallest absolute Gasteiger partial charge is 0.316 e. The maximum Gasteiger partial charge on any atom is 0.316 e. The Hall–Kier alpha value is -2.73. The number of aliphatic hydroxyl groups excluding tert-OH is 1. The van der Waals surface area contributed by atoms with E-state index in [1.165, 1.54) is 0 Å². The molecule has 274 valence electrons. The van der Waals surface area contributed by atoms with Crippen LogP contribution in [-0.4, -0.2) is 89.6 Å². The quantitative estimate of drug-likeness (QED) is 0.210. The van der Waals surface area contributed by atoms with Gasteiger partial charge in [-0.15, -0.1) is 0 Å². The molecule has 2 heterocycles. The van der Waals surface area contributed by atoms with E-state index >= 15 is 0 Å². The highest BCUT2D eigenvalue weighted by atomic mass is 16.5. The molecule has 5 amide bonds. The molecule has 2 spiro atoms. The predicted octanol–water partition coefficient (Wildman–Crippen LogP) is 2.79. The van der Waals surface area contributed by atoms with Gasteiger partial charge in [0.1, 0.15) is 12.1 Å². The molecule has 0 bridgehead atoms. The Morgan fingerprint density at radius 3 is 2.04 bits per heavy atom. The summed E-state index contributed by atoms with van der Waals surface area (Å²) in [5.41, 5.74) is 4.05. The third-order valence-electron chi connectivity index (χ3n) is 13.8. The molecule has 6 aliphatic rings. The number of carbonyl (C=O) groups is 5. The van der Waals surface area contributed by atoms with Gasteiger partial charge in [0.05, 0.1) is 25.3 Å². The van der Waals surface area contributed by atoms with Gasteiger partial charge in [-0.1, -0.05) is 73.1 Å². The van der Waals surface area contributed by atoms with Gasteiger partial charge in [0.15, 0.2) is 11.9 Å². The molecule has 2 saturated heterocycles. The second kappa shape index (κ2) is 13.1. The Balaban J connectivity index is 1.24. The molecule has 12 heteroatoms. The number of nitrogens with zero attached hydrogens (tertiary/aromatic N) is 1. The number of carbonyl (C=O) groups excluding carboxylic acids is 5. The molecule has 0 radical (unpaired) electrons. The van der Waals surface area contributed by atoms with Crippen LogP contribution in [0.25, 0.3) is 0 Å². The van der Waals surface area contributed by atoms with Gasteiger partial charge in [-0.2, -0.15) is 0 Å². The molecule has 6 rings (SSSR count). The summed E-state index contributed by atoms with van der Waals surface area (Å²) in [5.74, 6) is -1.24. The van der Waals surface area contributed by atoms with Crippen LogP contribution in [0, 0.1) is 39.4 Å². The van der Waals surface area contributed by atoms with Crippen LogP contribution >= 0.6 is 0 Å². The van der Waals surface area contributed by atoms with Crippen molar-refractivity contribution in [1.29, 1.82) is 0 Å². The van der Waals surface area contributed by atoms with Crippen LogP contribution < -0.4 is 21.7 Å². The molecule has 12 nitrogen and oxygen atoms in total. The Morgan fingerprint density at radius 2 is 1.55 bits per heavy atom. The number of fused-ring (bicyclic) bond motifs is 1. The number of ether oxygens (including phenoxy) is 1. The van der Waals surface area contributed by atoms with Crippen LogP contribution in [0.2, 0.25) is 0 Å². The Kier molecular flexibility index (Phi) is 9.65. The van der Waals surface area contributed by atoms with Crippen molar-refractivity contribution in [3.8, 4) is 0 Å². The van der Waals surface area contributed by atoms with Crippen molar-refractivity contribution in [3.63, 3.8) is 0 Å². The second-order valence-electron chi connectivity index (χ2n) is 17.9. The van der Waals surface area contributed by atoms with Crippen molar-refractivity contribution < 1.29 is 33.8 Å². The van der Waals surface area contributed by atoms with E-state index in [4.69, 9.17) is 10.5 Å². The number of hydrogen-bond donors (Lipinski definition) is 5. The van der Waals surface area contributed by atoms with E-state index in [1.54, 1.807) is 4.90 Å². The Labute approximate surface area is 290 Å². The maximum absolute atomic E-state index is 14.8. The minimum Gasteiger partial charge on any atom is -0.381 e. The normalized spacial score (nSPS) is 30.0. The van der Waals surface area contributed by atoms with E-state index in [1.807, 2.05) is 20.8 Å². The van der Waals surface area contributed by atoms with Gasteiger partial charge in [-0.05, 0) is 61.2 Å². The number of urea groups is 1. The summed E-state index contributed by atoms with van der Waals surface area (Å²) in [5, 5.41) is 19.6. The number of primary amides is 1. The SMILES string of the molecule is CC(C)(C)C(NC(=O)N[C@H](C(=O)C1CC1)C1CCCCC1)C(=O)N1CC2(C[C@H]1C(=O)NC(CC1CCC1)C(O)C(N)=O)C(C)(C)C21COC1. The fourth-order valence-corrected chi connectivity index (χ4v) is 9.84. The van der Waals surface area contributed by atoms with E-state index in [-0.39, 0.29) is 45.7 Å². The minimum atomic E-state index is -1.55. The van der Waals surface area contributed by atoms with Crippen LogP contribution in [0.5, 0.6) is 0 Å². The van der Waals surface area contributed by atoms with Crippen molar-refractivity contribution in [2.45, 2.75) is 142 Å². The number of ketones is 1. The molecule has 2 aliphatic heterocycles. The van der Waals surface area contributed by atoms with E-state index in [9.17, 15) is 29.1 Å². The van der Waals surface area contributed by atoms with E-state index in [2.05, 4.69) is 29.8 Å². The van der Waals surface area contributed by atoms with Crippen molar-refractivity contribution >= 4 is 29.5 Å². The summed E-state index contributed by atoms with van der Waals surface area (Å²) in [6.07, 6.45) is 8.98. The largest absolute Gasteiger partial charge is 0.381 e. The van der Waals surface area contributed by atoms with Gasteiger partial charge in [0, 0.05) is 23.3 Å². The fourth-order valence-electron chi connectivity index (χ4n) is 9.84. The van der Waals surface area contributed by atoms with Gasteiger partial charge in [-0.25, -0.2) is 4.79 Å². The zero-order chi connectivity index (χ0) is 35.5. The molecule has 4 aliphatic carbocycles. The molecule has 0 aromatic heterocycles. The van der Waals surface area contributed by atoms with E-state index in [0.717, 1.165) is 64.2 Å². The van der Waals surface area contributed by atoms with Gasteiger partial charge in [0.2, 0.25) is 17.7 Å². The molecule has 6 fully saturated rings. The van der Waals surface area contributed by atoms with E-state index in [0.29, 0.717) is 32.6 Å². The van der Waals surface area contributed by atoms with Crippen LogP contribution in [0.15, 0.2) is 0 Å². The fraction of sp³-hybridized carbons (Fsp3) is 0.865. The van der Waals surface area contributed by atoms with Gasteiger partial charge >= 0.3 is 6.03 Å². The summed E-state index contributed by atoms with van der Waals surface area (Å²) >= 11 is 0. The molecular formula is C37H59N5O7. The second-order valence-corrected chi connectivity index (χ2v) is 17.9. The number of likely N-dealkylation sites (tertiary alicyclic amines) is 1. The van der Waals surface area contributed by atoms with Crippen LogP contribution in [0.3, 0.4) is 0 Å². The average Bonchev–Trinajstić information content (AvgIpc) is 3.86. The summed E-state index contributed by atoms with van der Waals surface area (Å²) in [6.45, 7) is 11.4. The number of nitrogens with two attached hydrogens (primary N) is 1. The third-order valence-corrected chi connectivity index (χ3v) is 13.8. The highest BCUT2D eigenvalue weighted by Gasteiger charge is 2.86. The average molecular weight is 686 g/mol. The third kappa shape index (κ3) is 6.38. The summed E-state index contributed by atoms with van der Waals surface area (Å²) in [6, 6.07) is -3.85. The molecular weight excluding hydrogens is 626 g/mol. The van der Waals surface area contributed by atoms with Gasteiger partial charge < -0.3 is 36.4 Å². The van der Waals surface area contributed by atoms with Crippen LogP contribution in [0.1, 0.15) is 112 Å². The predicted molar refractivity (Wildman–Crippen MR) is 182 cm³/mol. The molecule has 6 N–H and O–H groups in total. The number of aliphatic hydroxyl groups is 1. The highest BCUT2D eigenvalue weighted by Crippen LogP contribution is 2.84. The summed E-state index contributed by atoms with van der Waals surface area (Å²) < 4.78 is 5.70. The lowest BCUT2D eigenvalue weighted by Crippen LogP contribution is -2.61. The Bertz CT molecular complexity index is 1330. The first kappa shape index (κ1) is 36.1. The number of rotatable bonds is 12. The zero-order valence-corrected chi connectivity index (χ0v) is 30.1. The number of amides is 5. The number of nitrogens with one attached hydrogen (secondary N) is 3. The van der Waals surface area contributed by atoms with Crippen molar-refractivity contribution in [1.82, 2.24) is 20.9 Å². The lowest BCUT2D eigenvalue weighted by Gasteiger charge is -2.37. The Morgan fingerprint density at radius 1 is 0.898 bits per heavy atom. The van der Waals surface area contributed by atoms with Crippen LogP contribution in [-0.2, 0) is 23.9 Å². The first-order chi connectivity index (χ1) is 23.0. The lowest BCUT2D eigenvalue weighted by atomic mass is 9.79. The topological polar surface area (TPSA) is 180 Å². The van der Waals surface area contributed by atoms with Gasteiger partial charge in [0.25, 0.3) is 0 Å². The molecule has 4 saturated carbocycles. The minimum absolute atomic E-state index is 0.00163. The number of hydrogen-bond acceptors (Lipinski definition) is 7. The molecule has 0 aromatic carbocycles. The molecule has 0 aromatic rings. The van der Waals surface area contributed by atoms with E-state index < -0.39 is 53.5 Å². The van der Waals surface area contributed by atoms with Crippen molar-refractivity contribution in [3.05, 3.63) is 0 Å². The summed E-state index contributed by atoms with van der Waals surface area (Å²) in [7, 11) is 0. The monoisotopic (exact) mass is 685 g/mol. The standard InChI is InChI=1S/C37H59N5O7/c1-34(2,3)29(41-33(48)40-26(27(43)23-14-15-23)22-12-7-6-8-13-22)32(47)42-18-36(35(4,5)37(36)19-49-20-37)17-25(42)31(46)39-24(28(44)30(38)45)16-21-10-9-11-21/h21-26,28-29,44H,6-20H2,1-5H3,(H2,38,45)(H,39,46)(H2,40,41,48)/t24?,25-,26-,28?,29?,36?/m0/s1. The summed E-state index contributed by atoms with van der Waals surface area (Å²) in [4.78, 5) is 69.8. The zero-order valence-electron chi connectivity index (χ0n) is 30.1. The van der Waals surface area contributed by atoms with Gasteiger partial charge in [-0.3, -0.25) is 19.2 Å².